The van der Waals surface area contributed by atoms with Gasteiger partial charge in [0.25, 0.3) is 5.91 Å². The number of imide groups is 1. The quantitative estimate of drug-likeness (QED) is 0.499. The van der Waals surface area contributed by atoms with E-state index < -0.39 is 30.6 Å². The Morgan fingerprint density at radius 2 is 2.00 bits per heavy atom. The molecule has 1 aromatic heterocycles. The van der Waals surface area contributed by atoms with E-state index >= 15 is 0 Å². The fraction of sp³-hybridized carbons (Fsp3) is 0.294. The predicted octanol–water partition coefficient (Wildman–Crippen LogP) is 1.18. The Kier molecular flexibility index (Phi) is 4.26. The summed E-state index contributed by atoms with van der Waals surface area (Å²) in [4.78, 5) is 52.9. The topological polar surface area (TPSA) is 99.8 Å². The van der Waals surface area contributed by atoms with Crippen molar-refractivity contribution in [3.05, 3.63) is 36.0 Å². The van der Waals surface area contributed by atoms with Crippen molar-refractivity contribution in [3.8, 4) is 0 Å². The Balaban J connectivity index is 1.66. The summed E-state index contributed by atoms with van der Waals surface area (Å²) in [6, 6.07) is 6.73. The molecule has 2 aromatic rings. The number of urea groups is 1. The largest absolute Gasteiger partial charge is 0.453 e. The average molecular weight is 343 g/mol. The molecule has 25 heavy (non-hydrogen) atoms. The number of esters is 1. The van der Waals surface area contributed by atoms with Gasteiger partial charge in [-0.1, -0.05) is 18.2 Å². The number of aromatic amines is 1. The highest BCUT2D eigenvalue weighted by atomic mass is 16.5. The third kappa shape index (κ3) is 3.10. The molecule has 1 aliphatic heterocycles. The van der Waals surface area contributed by atoms with Crippen molar-refractivity contribution in [1.82, 2.24) is 14.8 Å². The molecule has 0 aliphatic carbocycles. The van der Waals surface area contributed by atoms with Crippen LogP contribution in [-0.2, 0) is 14.3 Å². The van der Waals surface area contributed by atoms with E-state index in [1.54, 1.807) is 12.3 Å². The molecule has 2 heterocycles. The third-order valence-electron chi connectivity index (χ3n) is 4.05. The molecule has 0 bridgehead atoms. The third-order valence-corrected chi connectivity index (χ3v) is 4.05. The van der Waals surface area contributed by atoms with Crippen molar-refractivity contribution in [2.24, 2.45) is 0 Å². The fourth-order valence-corrected chi connectivity index (χ4v) is 2.74. The van der Waals surface area contributed by atoms with E-state index in [-0.39, 0.29) is 12.3 Å². The number of ketones is 1. The summed E-state index contributed by atoms with van der Waals surface area (Å²) in [6.07, 6.45) is 0.539. The van der Waals surface area contributed by atoms with Gasteiger partial charge in [0.2, 0.25) is 5.78 Å². The number of ether oxygens (including phenoxy) is 1. The zero-order chi connectivity index (χ0) is 18.1. The SMILES string of the molecule is C[C@H](OC(=O)CN1C(=O)CN(C)C1=O)C(=O)c1c[nH]c2ccccc12. The number of H-pyrrole nitrogens is 1. The Hall–Kier alpha value is -3.16. The summed E-state index contributed by atoms with van der Waals surface area (Å²) in [5, 5.41) is 0.738. The molecule has 8 nitrogen and oxygen atoms in total. The van der Waals surface area contributed by atoms with Crippen LogP contribution < -0.4 is 0 Å². The van der Waals surface area contributed by atoms with Crippen molar-refractivity contribution >= 4 is 34.6 Å². The van der Waals surface area contributed by atoms with Gasteiger partial charge in [-0.25, -0.2) is 4.79 Å². The molecule has 1 aliphatic rings. The van der Waals surface area contributed by atoms with Gasteiger partial charge in [-0.15, -0.1) is 0 Å². The van der Waals surface area contributed by atoms with Crippen LogP contribution in [0.1, 0.15) is 17.3 Å². The Morgan fingerprint density at radius 1 is 1.28 bits per heavy atom. The average Bonchev–Trinajstić information content (AvgIpc) is 3.11. The van der Waals surface area contributed by atoms with Crippen molar-refractivity contribution in [2.45, 2.75) is 13.0 Å². The maximum atomic E-state index is 12.5. The number of likely N-dealkylation sites (N-methyl/N-ethyl adjacent to an activating group) is 1. The van der Waals surface area contributed by atoms with Crippen LogP contribution in [0.25, 0.3) is 10.9 Å². The number of nitrogens with one attached hydrogen (secondary N) is 1. The van der Waals surface area contributed by atoms with E-state index in [9.17, 15) is 19.2 Å². The molecule has 3 amide bonds. The number of amides is 3. The van der Waals surface area contributed by atoms with Crippen LogP contribution in [0.5, 0.6) is 0 Å². The molecule has 1 N–H and O–H groups in total. The minimum Gasteiger partial charge on any atom is -0.453 e. The summed E-state index contributed by atoms with van der Waals surface area (Å²) in [7, 11) is 1.47. The Bertz CT molecular complexity index is 872. The number of hydrogen-bond donors (Lipinski definition) is 1. The second kappa shape index (κ2) is 6.39. The Labute approximate surface area is 143 Å². The van der Waals surface area contributed by atoms with Gasteiger partial charge in [0.1, 0.15) is 13.1 Å². The van der Waals surface area contributed by atoms with Crippen LogP contribution in [0, 0.1) is 0 Å². The maximum absolute atomic E-state index is 12.5. The number of nitrogens with zero attached hydrogens (tertiary/aromatic N) is 2. The summed E-state index contributed by atoms with van der Waals surface area (Å²) in [5.41, 5.74) is 1.23. The zero-order valence-corrected chi connectivity index (χ0v) is 13.8. The zero-order valence-electron chi connectivity index (χ0n) is 13.8. The number of benzene rings is 1. The molecule has 0 unspecified atom stereocenters. The molecule has 1 aromatic carbocycles. The number of Topliss-reactive ketones (excluding diaryl/α,β-unsaturated/α-hetero) is 1. The first kappa shape index (κ1) is 16.7. The van der Waals surface area contributed by atoms with Gasteiger partial charge in [0, 0.05) is 29.7 Å². The summed E-state index contributed by atoms with van der Waals surface area (Å²) >= 11 is 0. The number of fused-ring (bicyclic) bond motifs is 1. The van der Waals surface area contributed by atoms with E-state index in [4.69, 9.17) is 4.74 Å². The monoisotopic (exact) mass is 343 g/mol. The molecule has 0 radical (unpaired) electrons. The highest BCUT2D eigenvalue weighted by molar-refractivity contribution is 6.10. The minimum absolute atomic E-state index is 0.0735. The van der Waals surface area contributed by atoms with Gasteiger partial charge < -0.3 is 14.6 Å². The predicted molar refractivity (Wildman–Crippen MR) is 87.9 cm³/mol. The number of aromatic nitrogens is 1. The summed E-state index contributed by atoms with van der Waals surface area (Å²) in [5.74, 6) is -1.64. The van der Waals surface area contributed by atoms with Crippen molar-refractivity contribution in [2.75, 3.05) is 20.1 Å². The number of para-hydroxylation sites is 1. The highest BCUT2D eigenvalue weighted by Crippen LogP contribution is 2.20. The van der Waals surface area contributed by atoms with E-state index in [0.29, 0.717) is 5.56 Å². The molecule has 8 heteroatoms. The number of carbonyl (C=O) groups excluding carboxylic acids is 4. The van der Waals surface area contributed by atoms with Crippen molar-refractivity contribution in [3.63, 3.8) is 0 Å². The Morgan fingerprint density at radius 3 is 2.68 bits per heavy atom. The number of hydrogen-bond acceptors (Lipinski definition) is 5. The van der Waals surface area contributed by atoms with E-state index in [0.717, 1.165) is 15.8 Å². The second-order valence-electron chi connectivity index (χ2n) is 5.86. The lowest BCUT2D eigenvalue weighted by molar-refractivity contribution is -0.149. The molecule has 130 valence electrons. The molecule has 0 saturated carbocycles. The maximum Gasteiger partial charge on any atom is 0.327 e. The first-order valence-corrected chi connectivity index (χ1v) is 7.73. The van der Waals surface area contributed by atoms with Crippen LogP contribution in [0.3, 0.4) is 0 Å². The molecular formula is C17H17N3O5. The second-order valence-corrected chi connectivity index (χ2v) is 5.86. The van der Waals surface area contributed by atoms with Crippen molar-refractivity contribution in [1.29, 1.82) is 0 Å². The van der Waals surface area contributed by atoms with Gasteiger partial charge >= 0.3 is 12.0 Å². The molecule has 1 fully saturated rings. The van der Waals surface area contributed by atoms with Gasteiger partial charge in [-0.3, -0.25) is 19.3 Å². The van der Waals surface area contributed by atoms with Crippen LogP contribution >= 0.6 is 0 Å². The molecule has 1 saturated heterocycles. The van der Waals surface area contributed by atoms with E-state index in [1.807, 2.05) is 18.2 Å². The van der Waals surface area contributed by atoms with Crippen LogP contribution in [0.15, 0.2) is 30.5 Å². The molecule has 3 rings (SSSR count). The molecule has 0 spiro atoms. The number of carbonyl (C=O) groups is 4. The summed E-state index contributed by atoms with van der Waals surface area (Å²) in [6.45, 7) is 0.880. The van der Waals surface area contributed by atoms with E-state index in [1.165, 1.54) is 18.9 Å². The van der Waals surface area contributed by atoms with Gasteiger partial charge in [0.05, 0.1) is 0 Å². The lowest BCUT2D eigenvalue weighted by atomic mass is 10.1. The first-order valence-electron chi connectivity index (χ1n) is 7.73. The van der Waals surface area contributed by atoms with Crippen LogP contribution in [-0.4, -0.2) is 64.7 Å². The number of rotatable bonds is 5. The fourth-order valence-electron chi connectivity index (χ4n) is 2.74. The normalized spacial score (nSPS) is 15.8. The van der Waals surface area contributed by atoms with E-state index in [2.05, 4.69) is 4.98 Å². The smallest absolute Gasteiger partial charge is 0.327 e. The minimum atomic E-state index is -1.03. The van der Waals surface area contributed by atoms with Crippen LogP contribution in [0.4, 0.5) is 4.79 Å². The molecule has 1 atom stereocenters. The van der Waals surface area contributed by atoms with Crippen LogP contribution in [0.2, 0.25) is 0 Å². The highest BCUT2D eigenvalue weighted by Gasteiger charge is 2.35. The van der Waals surface area contributed by atoms with Crippen molar-refractivity contribution < 1.29 is 23.9 Å². The van der Waals surface area contributed by atoms with Gasteiger partial charge in [0.15, 0.2) is 6.10 Å². The lowest BCUT2D eigenvalue weighted by Crippen LogP contribution is -2.38. The van der Waals surface area contributed by atoms with Gasteiger partial charge in [-0.05, 0) is 13.0 Å². The summed E-state index contributed by atoms with van der Waals surface area (Å²) < 4.78 is 5.11. The standard InChI is InChI=1S/C17H17N3O5/c1-10(16(23)12-7-18-13-6-4-3-5-11(12)13)25-15(22)9-20-14(21)8-19(2)17(20)24/h3-7,10,18H,8-9H2,1-2H3/t10-/m0/s1. The molecular weight excluding hydrogens is 326 g/mol. The first-order chi connectivity index (χ1) is 11.9. The van der Waals surface area contributed by atoms with Gasteiger partial charge in [-0.2, -0.15) is 0 Å². The lowest BCUT2D eigenvalue weighted by Gasteiger charge is -2.16.